The lowest BCUT2D eigenvalue weighted by molar-refractivity contribution is 0.0921. The summed E-state index contributed by atoms with van der Waals surface area (Å²) >= 11 is 0. The van der Waals surface area contributed by atoms with Gasteiger partial charge in [0.15, 0.2) is 5.76 Å². The Morgan fingerprint density at radius 1 is 1.08 bits per heavy atom. The van der Waals surface area contributed by atoms with Crippen molar-refractivity contribution in [1.29, 1.82) is 0 Å². The smallest absolute Gasteiger partial charge is 0.287 e. The third-order valence-corrected chi connectivity index (χ3v) is 4.02. The first-order valence-corrected chi connectivity index (χ1v) is 8.31. The van der Waals surface area contributed by atoms with E-state index in [4.69, 9.17) is 4.42 Å². The number of amides is 1. The number of pyridine rings is 1. The van der Waals surface area contributed by atoms with Crippen molar-refractivity contribution >= 4 is 11.6 Å². The van der Waals surface area contributed by atoms with Gasteiger partial charge in [-0.3, -0.25) is 9.59 Å². The topological polar surface area (TPSA) is 67.5 Å². The molecule has 26 heavy (non-hydrogen) atoms. The lowest BCUT2D eigenvalue weighted by Crippen LogP contribution is -2.22. The predicted molar refractivity (Wildman–Crippen MR) is 100 cm³/mol. The van der Waals surface area contributed by atoms with Crippen molar-refractivity contribution in [2.45, 2.75) is 13.1 Å². The Balaban J connectivity index is 1.59. The molecule has 0 bridgehead atoms. The number of nitrogens with one attached hydrogen (secondary N) is 1. The number of carbonyl (C=O) groups is 1. The molecular formula is C20H21N3O3. The molecule has 0 fully saturated rings. The molecule has 3 rings (SSSR count). The molecule has 0 atom stereocenters. The summed E-state index contributed by atoms with van der Waals surface area (Å²) in [6, 6.07) is 16.2. The van der Waals surface area contributed by atoms with Gasteiger partial charge in [0.2, 0.25) is 0 Å². The summed E-state index contributed by atoms with van der Waals surface area (Å²) in [5.41, 5.74) is 1.99. The largest absolute Gasteiger partial charge is 0.454 e. The van der Waals surface area contributed by atoms with Gasteiger partial charge in [-0.15, -0.1) is 0 Å². The van der Waals surface area contributed by atoms with Gasteiger partial charge < -0.3 is 19.2 Å². The van der Waals surface area contributed by atoms with E-state index >= 15 is 0 Å². The summed E-state index contributed by atoms with van der Waals surface area (Å²) in [5, 5.41) is 2.84. The predicted octanol–water partition coefficient (Wildman–Crippen LogP) is 2.49. The van der Waals surface area contributed by atoms with Crippen molar-refractivity contribution in [2.75, 3.05) is 19.0 Å². The third kappa shape index (κ3) is 4.22. The fourth-order valence-corrected chi connectivity index (χ4v) is 2.53. The second kappa shape index (κ2) is 7.74. The molecule has 3 aromatic rings. The molecule has 2 heterocycles. The first-order chi connectivity index (χ1) is 12.5. The molecular weight excluding hydrogens is 330 g/mol. The van der Waals surface area contributed by atoms with Crippen LogP contribution in [0.2, 0.25) is 0 Å². The SMILES string of the molecule is CN(C)c1ccc(CNC(=O)c2ccc(Cn3ccccc3=O)o2)cc1. The average Bonchev–Trinajstić information content (AvgIpc) is 3.10. The van der Waals surface area contributed by atoms with Crippen molar-refractivity contribution in [3.63, 3.8) is 0 Å². The summed E-state index contributed by atoms with van der Waals surface area (Å²) in [6.07, 6.45) is 1.68. The zero-order chi connectivity index (χ0) is 18.5. The van der Waals surface area contributed by atoms with E-state index in [2.05, 4.69) is 5.32 Å². The zero-order valence-corrected chi connectivity index (χ0v) is 14.8. The third-order valence-electron chi connectivity index (χ3n) is 4.02. The average molecular weight is 351 g/mol. The minimum Gasteiger partial charge on any atom is -0.454 e. The molecule has 6 nitrogen and oxygen atoms in total. The highest BCUT2D eigenvalue weighted by molar-refractivity contribution is 5.91. The van der Waals surface area contributed by atoms with Crippen LogP contribution < -0.4 is 15.8 Å². The molecule has 0 aliphatic carbocycles. The number of nitrogens with zero attached hydrogens (tertiary/aromatic N) is 2. The Morgan fingerprint density at radius 3 is 2.54 bits per heavy atom. The number of benzene rings is 1. The standard InChI is InChI=1S/C20H21N3O3/c1-22(2)16-8-6-15(7-9-16)13-21-20(25)18-11-10-17(26-18)14-23-12-4-3-5-19(23)24/h3-12H,13-14H2,1-2H3,(H,21,25). The molecule has 1 amide bonds. The highest BCUT2D eigenvalue weighted by atomic mass is 16.4. The van der Waals surface area contributed by atoms with Crippen LogP contribution in [0, 0.1) is 0 Å². The van der Waals surface area contributed by atoms with Crippen LogP contribution in [0.3, 0.4) is 0 Å². The highest BCUT2D eigenvalue weighted by Gasteiger charge is 2.11. The van der Waals surface area contributed by atoms with Crippen LogP contribution in [0.25, 0.3) is 0 Å². The molecule has 1 aromatic carbocycles. The molecule has 0 aliphatic heterocycles. The van der Waals surface area contributed by atoms with Crippen molar-refractivity contribution in [1.82, 2.24) is 9.88 Å². The Kier molecular flexibility index (Phi) is 5.22. The summed E-state index contributed by atoms with van der Waals surface area (Å²) in [6.45, 7) is 0.708. The number of furan rings is 1. The molecule has 6 heteroatoms. The van der Waals surface area contributed by atoms with Crippen molar-refractivity contribution in [3.8, 4) is 0 Å². The normalized spacial score (nSPS) is 10.5. The van der Waals surface area contributed by atoms with Gasteiger partial charge in [0.25, 0.3) is 11.5 Å². The Labute approximate surface area is 151 Å². The van der Waals surface area contributed by atoms with Crippen molar-refractivity contribution in [3.05, 3.63) is 88.2 Å². The monoisotopic (exact) mass is 351 g/mol. The lowest BCUT2D eigenvalue weighted by Gasteiger charge is -2.12. The summed E-state index contributed by atoms with van der Waals surface area (Å²) in [5.74, 6) is 0.501. The Bertz CT molecular complexity index is 939. The minimum absolute atomic E-state index is 0.115. The van der Waals surface area contributed by atoms with Gasteiger partial charge in [-0.25, -0.2) is 0 Å². The van der Waals surface area contributed by atoms with E-state index < -0.39 is 0 Å². The van der Waals surface area contributed by atoms with Crippen LogP contribution in [-0.4, -0.2) is 24.6 Å². The van der Waals surface area contributed by atoms with Gasteiger partial charge in [0.05, 0.1) is 6.54 Å². The Morgan fingerprint density at radius 2 is 1.85 bits per heavy atom. The van der Waals surface area contributed by atoms with Gasteiger partial charge >= 0.3 is 0 Å². The van der Waals surface area contributed by atoms with Crippen molar-refractivity contribution < 1.29 is 9.21 Å². The first kappa shape index (κ1) is 17.5. The molecule has 0 aliphatic rings. The number of rotatable bonds is 6. The molecule has 0 saturated carbocycles. The fourth-order valence-electron chi connectivity index (χ4n) is 2.53. The van der Waals surface area contributed by atoms with E-state index in [0.29, 0.717) is 18.8 Å². The van der Waals surface area contributed by atoms with E-state index in [1.165, 1.54) is 10.6 Å². The van der Waals surface area contributed by atoms with Gasteiger partial charge in [-0.05, 0) is 35.9 Å². The molecule has 2 aromatic heterocycles. The first-order valence-electron chi connectivity index (χ1n) is 8.31. The number of aromatic nitrogens is 1. The van der Waals surface area contributed by atoms with Crippen LogP contribution in [0.15, 0.2) is 70.0 Å². The number of hydrogen-bond acceptors (Lipinski definition) is 4. The van der Waals surface area contributed by atoms with E-state index in [1.54, 1.807) is 30.5 Å². The van der Waals surface area contributed by atoms with Crippen LogP contribution >= 0.6 is 0 Å². The van der Waals surface area contributed by atoms with E-state index in [1.807, 2.05) is 43.3 Å². The highest BCUT2D eigenvalue weighted by Crippen LogP contribution is 2.13. The molecule has 0 radical (unpaired) electrons. The summed E-state index contributed by atoms with van der Waals surface area (Å²) < 4.78 is 7.09. The van der Waals surface area contributed by atoms with Crippen LogP contribution in [0.4, 0.5) is 5.69 Å². The maximum Gasteiger partial charge on any atom is 0.287 e. The van der Waals surface area contributed by atoms with Crippen LogP contribution in [0.5, 0.6) is 0 Å². The van der Waals surface area contributed by atoms with Crippen LogP contribution in [-0.2, 0) is 13.1 Å². The number of anilines is 1. The summed E-state index contributed by atoms with van der Waals surface area (Å²) in [7, 11) is 3.96. The molecule has 0 saturated heterocycles. The minimum atomic E-state index is -0.284. The summed E-state index contributed by atoms with van der Waals surface area (Å²) in [4.78, 5) is 26.0. The van der Waals surface area contributed by atoms with E-state index in [0.717, 1.165) is 11.3 Å². The lowest BCUT2D eigenvalue weighted by atomic mass is 10.2. The van der Waals surface area contributed by atoms with Gasteiger partial charge in [0.1, 0.15) is 5.76 Å². The number of carbonyl (C=O) groups excluding carboxylic acids is 1. The molecule has 0 unspecified atom stereocenters. The van der Waals surface area contributed by atoms with Gasteiger partial charge in [0, 0.05) is 38.6 Å². The quantitative estimate of drug-likeness (QED) is 0.741. The molecule has 134 valence electrons. The molecule has 0 spiro atoms. The maximum absolute atomic E-state index is 12.2. The van der Waals surface area contributed by atoms with Crippen LogP contribution in [0.1, 0.15) is 21.9 Å². The fraction of sp³-hybridized carbons (Fsp3) is 0.200. The second-order valence-corrected chi connectivity index (χ2v) is 6.18. The maximum atomic E-state index is 12.2. The molecule has 1 N–H and O–H groups in total. The Hall–Kier alpha value is -3.28. The second-order valence-electron chi connectivity index (χ2n) is 6.18. The van der Waals surface area contributed by atoms with Gasteiger partial charge in [-0.2, -0.15) is 0 Å². The van der Waals surface area contributed by atoms with Crippen molar-refractivity contribution in [2.24, 2.45) is 0 Å². The number of hydrogen-bond donors (Lipinski definition) is 1. The van der Waals surface area contributed by atoms with E-state index in [-0.39, 0.29) is 17.2 Å². The van der Waals surface area contributed by atoms with Gasteiger partial charge in [-0.1, -0.05) is 18.2 Å². The van der Waals surface area contributed by atoms with E-state index in [9.17, 15) is 9.59 Å². The zero-order valence-electron chi connectivity index (χ0n) is 14.8.